The molecule has 5 saturated heterocycles. The molecular formula is C46H54F2N12O6. The number of nitrogens with one attached hydrogen (secondary N) is 2. The van der Waals surface area contributed by atoms with Crippen LogP contribution in [0.5, 0.6) is 0 Å². The van der Waals surface area contributed by atoms with Gasteiger partial charge >= 0.3 is 5.69 Å². The van der Waals surface area contributed by atoms with Crippen LogP contribution in [0.2, 0.25) is 0 Å². The number of likely N-dealkylation sites (tertiary alicyclic amines) is 1. The number of ether oxygens (including phenoxy) is 1. The lowest BCUT2D eigenvalue weighted by atomic mass is 9.84. The summed E-state index contributed by atoms with van der Waals surface area (Å²) in [5, 5.41) is 13.6. The number of hydrogen-bond acceptors (Lipinski definition) is 11. The zero-order valence-electron chi connectivity index (χ0n) is 36.9. The van der Waals surface area contributed by atoms with Gasteiger partial charge in [0.05, 0.1) is 47.7 Å². The van der Waals surface area contributed by atoms with Gasteiger partial charge in [0.1, 0.15) is 17.4 Å². The molecule has 9 heterocycles. The lowest BCUT2D eigenvalue weighted by Gasteiger charge is -2.43. The molecule has 1 unspecified atom stereocenters. The van der Waals surface area contributed by atoms with Gasteiger partial charge in [-0.15, -0.1) is 0 Å². The van der Waals surface area contributed by atoms with Crippen LogP contribution in [0.15, 0.2) is 47.7 Å². The molecule has 20 heteroatoms. The number of aromatic nitrogens is 7. The molecule has 6 aliphatic rings. The molecule has 18 nitrogen and oxygen atoms in total. The van der Waals surface area contributed by atoms with E-state index in [4.69, 9.17) is 9.72 Å². The van der Waals surface area contributed by atoms with Crippen LogP contribution >= 0.6 is 0 Å². The number of fused-ring (bicyclic) bond motifs is 6. The van der Waals surface area contributed by atoms with Crippen molar-refractivity contribution < 1.29 is 32.7 Å². The van der Waals surface area contributed by atoms with Gasteiger partial charge in [-0.05, 0) is 94.9 Å². The second kappa shape index (κ2) is 17.0. The van der Waals surface area contributed by atoms with Crippen molar-refractivity contribution in [2.24, 2.45) is 13.0 Å². The Kier molecular flexibility index (Phi) is 11.0. The first kappa shape index (κ1) is 42.6. The molecule has 0 spiro atoms. The van der Waals surface area contributed by atoms with Crippen LogP contribution in [-0.4, -0.2) is 124 Å². The van der Waals surface area contributed by atoms with Gasteiger partial charge in [0, 0.05) is 63.5 Å². The number of piperidine rings is 1. The van der Waals surface area contributed by atoms with Crippen LogP contribution in [0.3, 0.4) is 0 Å². The average molecular weight is 909 g/mol. The quantitative estimate of drug-likeness (QED) is 0.135. The standard InChI is InChI=1S/C46H54F2N12O6/c1-54-40-26(6-4-7-35(40)60(46(54)65)36-14-15-38(61)52-44(36)63)5-2-3-17-55-21-29-12-13-30(22-55)59(29)45(64)27-8-10-28(11-9-27)58-24-34(39(53-58)41(47)48)50-43(62)33-20-49-57-18-16-37(51-42(33)57)56-23-32-19-31(56)25-66-32/h4,6-7,16,18,20,24,27-32,36,41H,2-3,5,8-15,17,19,21-23,25H2,1H3,(H,50,62)(H,52,61,63)/t27?,28?,29-,30+,31-,32-,36?/m1/s1. The summed E-state index contributed by atoms with van der Waals surface area (Å²) < 4.78 is 40.7. The van der Waals surface area contributed by atoms with Crippen LogP contribution in [0.4, 0.5) is 20.3 Å². The number of carbonyl (C=O) groups excluding carboxylic acids is 4. The third kappa shape index (κ3) is 7.54. The van der Waals surface area contributed by atoms with Crippen molar-refractivity contribution in [1.29, 1.82) is 0 Å². The molecule has 66 heavy (non-hydrogen) atoms. The van der Waals surface area contributed by atoms with Gasteiger partial charge in [-0.2, -0.15) is 10.2 Å². The van der Waals surface area contributed by atoms with Gasteiger partial charge in [0.25, 0.3) is 12.3 Å². The first-order valence-electron chi connectivity index (χ1n) is 23.5. The number of amides is 4. The monoisotopic (exact) mass is 908 g/mol. The second-order valence-electron chi connectivity index (χ2n) is 19.1. The molecule has 1 saturated carbocycles. The van der Waals surface area contributed by atoms with Gasteiger partial charge in [-0.3, -0.25) is 43.2 Å². The molecule has 2 N–H and O–H groups in total. The minimum Gasteiger partial charge on any atom is -0.374 e. The number of unbranched alkanes of at least 4 members (excludes halogenated alkanes) is 1. The summed E-state index contributed by atoms with van der Waals surface area (Å²) in [6, 6.07) is 7.32. The maximum Gasteiger partial charge on any atom is 0.329 e. The highest BCUT2D eigenvalue weighted by Gasteiger charge is 2.45. The number of carbonyl (C=O) groups is 4. The number of benzene rings is 1. The Morgan fingerprint density at radius 1 is 0.955 bits per heavy atom. The van der Waals surface area contributed by atoms with Crippen molar-refractivity contribution in [1.82, 2.24) is 48.6 Å². The van der Waals surface area contributed by atoms with Gasteiger partial charge in [-0.1, -0.05) is 12.1 Å². The Hall–Kier alpha value is -6.02. The van der Waals surface area contributed by atoms with Crippen LogP contribution in [0.1, 0.15) is 111 Å². The van der Waals surface area contributed by atoms with E-state index in [0.717, 1.165) is 75.8 Å². The van der Waals surface area contributed by atoms with E-state index in [9.17, 15) is 32.8 Å². The fraction of sp³-hybridized carbons (Fsp3) is 0.565. The minimum atomic E-state index is -2.91. The molecule has 1 aromatic carbocycles. The predicted octanol–water partition coefficient (Wildman–Crippen LogP) is 4.15. The molecule has 4 aromatic heterocycles. The molecule has 4 amide bonds. The molecule has 5 atom stereocenters. The number of imidazole rings is 1. The number of hydrogen-bond donors (Lipinski definition) is 2. The third-order valence-electron chi connectivity index (χ3n) is 15.1. The number of para-hydroxylation sites is 1. The SMILES string of the molecule is Cn1c(=O)n(C2CCC(=O)NC2=O)c2cccc(CCCCN3C[C@H]4CC[C@@H](C3)N4C(=O)C3CCC(n4cc(NC(=O)c5cnn6ccc(N7C[C@H]8C[C@@H]7CO8)nc56)c(C(F)F)n4)CC3)c21. The Labute approximate surface area is 378 Å². The van der Waals surface area contributed by atoms with Gasteiger partial charge < -0.3 is 19.9 Å². The maximum atomic E-state index is 14.4. The van der Waals surface area contributed by atoms with Crippen LogP contribution < -0.4 is 21.2 Å². The Morgan fingerprint density at radius 2 is 1.74 bits per heavy atom. The van der Waals surface area contributed by atoms with E-state index in [1.54, 1.807) is 17.8 Å². The molecular weight excluding hydrogens is 855 g/mol. The number of nitrogens with zero attached hydrogens (tertiary/aromatic N) is 10. The Balaban J connectivity index is 0.678. The highest BCUT2D eigenvalue weighted by molar-refractivity contribution is 6.08. The number of alkyl halides is 2. The summed E-state index contributed by atoms with van der Waals surface area (Å²) in [5.41, 5.74) is 2.23. The van der Waals surface area contributed by atoms with E-state index < -0.39 is 30.0 Å². The first-order chi connectivity index (χ1) is 32.0. The van der Waals surface area contributed by atoms with Gasteiger partial charge in [-0.25, -0.2) is 23.1 Å². The maximum absolute atomic E-state index is 14.4. The van der Waals surface area contributed by atoms with Gasteiger partial charge in [0.2, 0.25) is 17.7 Å². The molecule has 5 aliphatic heterocycles. The van der Waals surface area contributed by atoms with Crippen molar-refractivity contribution in [3.8, 4) is 0 Å². The lowest BCUT2D eigenvalue weighted by Crippen LogP contribution is -2.57. The van der Waals surface area contributed by atoms with Crippen LogP contribution in [0, 0.1) is 5.92 Å². The van der Waals surface area contributed by atoms with E-state index in [0.29, 0.717) is 55.7 Å². The lowest BCUT2D eigenvalue weighted by molar-refractivity contribution is -0.143. The molecule has 6 fully saturated rings. The molecule has 1 aliphatic carbocycles. The van der Waals surface area contributed by atoms with Crippen LogP contribution in [-0.2, 0) is 32.6 Å². The number of halogens is 2. The summed E-state index contributed by atoms with van der Waals surface area (Å²) in [7, 11) is 1.73. The van der Waals surface area contributed by atoms with E-state index in [-0.39, 0.29) is 71.4 Å². The number of anilines is 2. The fourth-order valence-corrected chi connectivity index (χ4v) is 11.8. The number of rotatable bonds is 12. The molecule has 0 radical (unpaired) electrons. The summed E-state index contributed by atoms with van der Waals surface area (Å²) >= 11 is 0. The minimum absolute atomic E-state index is 0.0572. The van der Waals surface area contributed by atoms with E-state index in [1.807, 2.05) is 24.3 Å². The summed E-state index contributed by atoms with van der Waals surface area (Å²) in [4.78, 5) is 77.1. The van der Waals surface area contributed by atoms with Crippen LogP contribution in [0.25, 0.3) is 16.7 Å². The van der Waals surface area contributed by atoms with E-state index in [2.05, 4.69) is 35.5 Å². The Morgan fingerprint density at radius 3 is 2.47 bits per heavy atom. The largest absolute Gasteiger partial charge is 0.374 e. The molecule has 348 valence electrons. The third-order valence-corrected chi connectivity index (χ3v) is 15.1. The van der Waals surface area contributed by atoms with E-state index >= 15 is 0 Å². The molecule has 5 aromatic rings. The normalized spacial score (nSPS) is 26.6. The number of imide groups is 1. The summed E-state index contributed by atoms with van der Waals surface area (Å²) in [6.45, 7) is 3.92. The Bertz CT molecular complexity index is 2780. The van der Waals surface area contributed by atoms with Crippen molar-refractivity contribution in [3.05, 3.63) is 70.2 Å². The zero-order valence-corrected chi connectivity index (χ0v) is 36.9. The number of aryl methyl sites for hydroxylation is 2. The highest BCUT2D eigenvalue weighted by atomic mass is 19.3. The van der Waals surface area contributed by atoms with Crippen molar-refractivity contribution in [2.75, 3.05) is 43.0 Å². The molecule has 4 bridgehead atoms. The average Bonchev–Trinajstić information content (AvgIpc) is 4.19. The van der Waals surface area contributed by atoms with Crippen molar-refractivity contribution in [3.63, 3.8) is 0 Å². The van der Waals surface area contributed by atoms with Crippen molar-refractivity contribution >= 4 is 51.8 Å². The first-order valence-corrected chi connectivity index (χ1v) is 23.5. The fourth-order valence-electron chi connectivity index (χ4n) is 11.8. The summed E-state index contributed by atoms with van der Waals surface area (Å²) in [6.07, 6.45) is 10.4. The smallest absolute Gasteiger partial charge is 0.329 e. The second-order valence-corrected chi connectivity index (χ2v) is 19.1. The molecule has 11 rings (SSSR count). The highest BCUT2D eigenvalue weighted by Crippen LogP contribution is 2.39. The number of morpholine rings is 1. The predicted molar refractivity (Wildman–Crippen MR) is 236 cm³/mol. The summed E-state index contributed by atoms with van der Waals surface area (Å²) in [5.74, 6) is -0.593. The topological polar surface area (TPSA) is 186 Å². The van der Waals surface area contributed by atoms with E-state index in [1.165, 1.54) is 26.2 Å². The zero-order chi connectivity index (χ0) is 45.4. The number of piperazine rings is 1. The van der Waals surface area contributed by atoms with Gasteiger partial charge in [0.15, 0.2) is 11.3 Å². The van der Waals surface area contributed by atoms with Crippen molar-refractivity contribution in [2.45, 2.75) is 120 Å².